The third-order valence-electron chi connectivity index (χ3n) is 3.76. The Balaban J connectivity index is 2.39. The molecule has 0 saturated carbocycles. The van der Waals surface area contributed by atoms with Gasteiger partial charge in [-0.05, 0) is 46.1 Å². The highest BCUT2D eigenvalue weighted by atomic mass is 16.7. The molecular formula is C12H18BNO3. The first-order valence-corrected chi connectivity index (χ1v) is 5.78. The van der Waals surface area contributed by atoms with Crippen LogP contribution >= 0.6 is 0 Å². The summed E-state index contributed by atoms with van der Waals surface area (Å²) in [5.41, 5.74) is 0.579. The third kappa shape index (κ3) is 1.94. The van der Waals surface area contributed by atoms with Crippen molar-refractivity contribution in [1.29, 1.82) is 0 Å². The van der Waals surface area contributed by atoms with Gasteiger partial charge in [-0.15, -0.1) is 0 Å². The van der Waals surface area contributed by atoms with Crippen molar-refractivity contribution in [3.63, 3.8) is 0 Å². The topological polar surface area (TPSA) is 51.3 Å². The summed E-state index contributed by atoms with van der Waals surface area (Å²) in [7, 11) is -0.470. The number of pyridine rings is 1. The first-order chi connectivity index (χ1) is 7.74. The van der Waals surface area contributed by atoms with Crippen molar-refractivity contribution in [3.05, 3.63) is 28.2 Å². The minimum Gasteiger partial charge on any atom is -0.399 e. The molecule has 1 aliphatic heterocycles. The van der Waals surface area contributed by atoms with E-state index >= 15 is 0 Å². The number of nitrogens with one attached hydrogen (secondary N) is 1. The maximum absolute atomic E-state index is 11.6. The molecule has 0 aliphatic carbocycles. The molecule has 0 spiro atoms. The highest BCUT2D eigenvalue weighted by molar-refractivity contribution is 6.62. The van der Waals surface area contributed by atoms with E-state index in [1.165, 1.54) is 0 Å². The van der Waals surface area contributed by atoms with Crippen molar-refractivity contribution >= 4 is 12.6 Å². The molecule has 0 radical (unpaired) electrons. The lowest BCUT2D eigenvalue weighted by Gasteiger charge is -2.32. The minimum atomic E-state index is -0.470. The van der Waals surface area contributed by atoms with Crippen LogP contribution in [0.3, 0.4) is 0 Å². The summed E-state index contributed by atoms with van der Waals surface area (Å²) < 4.78 is 11.8. The van der Waals surface area contributed by atoms with Crippen LogP contribution < -0.4 is 11.0 Å². The summed E-state index contributed by atoms with van der Waals surface area (Å²) in [5, 5.41) is 0. The molecule has 1 fully saturated rings. The lowest BCUT2D eigenvalue weighted by atomic mass is 9.77. The van der Waals surface area contributed by atoms with Gasteiger partial charge in [-0.25, -0.2) is 0 Å². The first-order valence-electron chi connectivity index (χ1n) is 5.78. The van der Waals surface area contributed by atoms with Gasteiger partial charge in [0.15, 0.2) is 0 Å². The summed E-state index contributed by atoms with van der Waals surface area (Å²) in [6.07, 6.45) is 1.62. The molecule has 1 saturated heterocycles. The molecule has 0 atom stereocenters. The average Bonchev–Trinajstić information content (AvgIpc) is 2.40. The molecular weight excluding hydrogens is 217 g/mol. The number of hydrogen-bond acceptors (Lipinski definition) is 3. The standard InChI is InChI=1S/C12H18BNO3/c1-8-9(6-7-14-10(8)15)13-16-11(2,3)12(4,5)17-13/h6-7H,1-5H3,(H,14,15). The molecule has 92 valence electrons. The average molecular weight is 235 g/mol. The second-order valence-electron chi connectivity index (χ2n) is 5.48. The van der Waals surface area contributed by atoms with Gasteiger partial charge >= 0.3 is 7.12 Å². The zero-order valence-electron chi connectivity index (χ0n) is 11.0. The van der Waals surface area contributed by atoms with Crippen molar-refractivity contribution in [1.82, 2.24) is 4.98 Å². The highest BCUT2D eigenvalue weighted by Crippen LogP contribution is 2.36. The summed E-state index contributed by atoms with van der Waals surface area (Å²) in [4.78, 5) is 14.2. The molecule has 5 heteroatoms. The van der Waals surface area contributed by atoms with Crippen LogP contribution in [-0.2, 0) is 9.31 Å². The monoisotopic (exact) mass is 235 g/mol. The van der Waals surface area contributed by atoms with Gasteiger partial charge in [-0.1, -0.05) is 0 Å². The number of rotatable bonds is 1. The van der Waals surface area contributed by atoms with Crippen LogP contribution in [0, 0.1) is 6.92 Å². The molecule has 0 amide bonds. The number of H-pyrrole nitrogens is 1. The maximum Gasteiger partial charge on any atom is 0.495 e. The van der Waals surface area contributed by atoms with Crippen LogP contribution in [0.25, 0.3) is 0 Å². The molecule has 4 nitrogen and oxygen atoms in total. The number of hydrogen-bond donors (Lipinski definition) is 1. The zero-order valence-corrected chi connectivity index (χ0v) is 11.0. The van der Waals surface area contributed by atoms with Gasteiger partial charge in [0.25, 0.3) is 0 Å². The van der Waals surface area contributed by atoms with E-state index in [9.17, 15) is 4.79 Å². The van der Waals surface area contributed by atoms with Crippen molar-refractivity contribution in [3.8, 4) is 0 Å². The summed E-state index contributed by atoms with van der Waals surface area (Å²) in [6.45, 7) is 9.76. The van der Waals surface area contributed by atoms with Crippen LogP contribution in [0.15, 0.2) is 17.1 Å². The Morgan fingerprint density at radius 1 is 1.18 bits per heavy atom. The Labute approximate surface area is 101 Å². The van der Waals surface area contributed by atoms with Crippen molar-refractivity contribution in [2.24, 2.45) is 0 Å². The van der Waals surface area contributed by atoms with E-state index < -0.39 is 7.12 Å². The SMILES string of the molecule is Cc1c(B2OC(C)(C)C(C)(C)O2)cc[nH]c1=O. The van der Waals surface area contributed by atoms with Crippen LogP contribution in [0.2, 0.25) is 0 Å². The molecule has 1 aliphatic rings. The molecule has 17 heavy (non-hydrogen) atoms. The summed E-state index contributed by atoms with van der Waals surface area (Å²) >= 11 is 0. The summed E-state index contributed by atoms with van der Waals surface area (Å²) in [6, 6.07) is 1.83. The smallest absolute Gasteiger partial charge is 0.399 e. The molecule has 2 heterocycles. The van der Waals surface area contributed by atoms with E-state index in [-0.39, 0.29) is 16.8 Å². The Morgan fingerprint density at radius 2 is 1.71 bits per heavy atom. The Hall–Kier alpha value is -1.07. The molecule has 0 bridgehead atoms. The van der Waals surface area contributed by atoms with E-state index in [0.717, 1.165) is 5.46 Å². The Kier molecular flexibility index (Phi) is 2.71. The molecule has 1 N–H and O–H groups in total. The number of aromatic amines is 1. The van der Waals surface area contributed by atoms with Gasteiger partial charge in [-0.3, -0.25) is 4.79 Å². The van der Waals surface area contributed by atoms with Crippen molar-refractivity contribution in [2.75, 3.05) is 0 Å². The molecule has 0 unspecified atom stereocenters. The Morgan fingerprint density at radius 3 is 2.24 bits per heavy atom. The predicted molar refractivity (Wildman–Crippen MR) is 67.5 cm³/mol. The fourth-order valence-corrected chi connectivity index (χ4v) is 1.80. The van der Waals surface area contributed by atoms with E-state index in [1.807, 2.05) is 33.8 Å². The quantitative estimate of drug-likeness (QED) is 0.738. The number of aromatic nitrogens is 1. The van der Waals surface area contributed by atoms with Gasteiger partial charge in [-0.2, -0.15) is 0 Å². The van der Waals surface area contributed by atoms with Crippen molar-refractivity contribution < 1.29 is 9.31 Å². The predicted octanol–water partition coefficient (Wildman–Crippen LogP) is 0.983. The van der Waals surface area contributed by atoms with Crippen LogP contribution in [0.1, 0.15) is 33.3 Å². The molecule has 1 aromatic heterocycles. The maximum atomic E-state index is 11.6. The van der Waals surface area contributed by atoms with Gasteiger partial charge in [0.2, 0.25) is 5.56 Å². The van der Waals surface area contributed by atoms with E-state index in [0.29, 0.717) is 5.56 Å². The van der Waals surface area contributed by atoms with Crippen LogP contribution in [0.4, 0.5) is 0 Å². The molecule has 1 aromatic rings. The van der Waals surface area contributed by atoms with E-state index in [2.05, 4.69) is 4.98 Å². The fraction of sp³-hybridized carbons (Fsp3) is 0.583. The highest BCUT2D eigenvalue weighted by Gasteiger charge is 2.52. The van der Waals surface area contributed by atoms with Gasteiger partial charge in [0.05, 0.1) is 11.2 Å². The lowest BCUT2D eigenvalue weighted by molar-refractivity contribution is 0.00578. The van der Waals surface area contributed by atoms with Crippen LogP contribution in [0.5, 0.6) is 0 Å². The largest absolute Gasteiger partial charge is 0.495 e. The van der Waals surface area contributed by atoms with E-state index in [4.69, 9.17) is 9.31 Å². The second-order valence-corrected chi connectivity index (χ2v) is 5.48. The first kappa shape index (κ1) is 12.4. The lowest BCUT2D eigenvalue weighted by Crippen LogP contribution is -2.41. The molecule has 2 rings (SSSR count). The van der Waals surface area contributed by atoms with Crippen molar-refractivity contribution in [2.45, 2.75) is 45.8 Å². The van der Waals surface area contributed by atoms with E-state index in [1.54, 1.807) is 13.1 Å². The summed E-state index contributed by atoms with van der Waals surface area (Å²) in [5.74, 6) is 0. The zero-order chi connectivity index (χ0) is 12.8. The normalized spacial score (nSPS) is 21.8. The van der Waals surface area contributed by atoms with Crippen LogP contribution in [-0.4, -0.2) is 23.3 Å². The molecule has 0 aromatic carbocycles. The second kappa shape index (κ2) is 3.72. The Bertz CT molecular complexity index is 477. The minimum absolute atomic E-state index is 0.0998. The fourth-order valence-electron chi connectivity index (χ4n) is 1.80. The van der Waals surface area contributed by atoms with Gasteiger partial charge in [0.1, 0.15) is 0 Å². The third-order valence-corrected chi connectivity index (χ3v) is 3.76. The van der Waals surface area contributed by atoms with Gasteiger partial charge < -0.3 is 14.3 Å². The van der Waals surface area contributed by atoms with Gasteiger partial charge in [0, 0.05) is 11.8 Å².